The highest BCUT2D eigenvalue weighted by atomic mass is 32.2. The minimum absolute atomic E-state index is 0.920. The number of hydrogen-bond donors (Lipinski definition) is 0. The Bertz CT molecular complexity index is 374. The lowest BCUT2D eigenvalue weighted by atomic mass is 10.2. The molecule has 1 aromatic rings. The van der Waals surface area contributed by atoms with Crippen molar-refractivity contribution in [1.82, 2.24) is 9.97 Å². The molecule has 0 radical (unpaired) electrons. The third-order valence-electron chi connectivity index (χ3n) is 1.86. The first-order valence-corrected chi connectivity index (χ1v) is 7.15. The number of nitrogens with zero attached hydrogens (tertiary/aromatic N) is 2. The van der Waals surface area contributed by atoms with Gasteiger partial charge in [-0.1, -0.05) is 12.2 Å². The first kappa shape index (κ1) is 12.7. The number of aromatic nitrogens is 2. The molecular formula is C10H12N2S3. The van der Waals surface area contributed by atoms with Crippen molar-refractivity contribution in [3.05, 3.63) is 29.9 Å². The van der Waals surface area contributed by atoms with Crippen LogP contribution in [0.2, 0.25) is 0 Å². The number of hydrogen-bond acceptors (Lipinski definition) is 5. The van der Waals surface area contributed by atoms with E-state index >= 15 is 0 Å². The molecule has 80 valence electrons. The van der Waals surface area contributed by atoms with Gasteiger partial charge in [-0.3, -0.25) is 0 Å². The molecule has 0 amide bonds. The van der Waals surface area contributed by atoms with Gasteiger partial charge in [0.2, 0.25) is 0 Å². The summed E-state index contributed by atoms with van der Waals surface area (Å²) >= 11 is 8.54. The Labute approximate surface area is 104 Å². The fourth-order valence-corrected chi connectivity index (χ4v) is 2.54. The van der Waals surface area contributed by atoms with Crippen molar-refractivity contribution >= 4 is 44.8 Å². The molecule has 0 bridgehead atoms. The minimum atomic E-state index is 0.920. The smallest absolute Gasteiger partial charge is 0.115 e. The lowest BCUT2D eigenvalue weighted by molar-refractivity contribution is 1.16. The van der Waals surface area contributed by atoms with Gasteiger partial charge in [0.15, 0.2) is 0 Å². The van der Waals surface area contributed by atoms with Crippen molar-refractivity contribution < 1.29 is 0 Å². The van der Waals surface area contributed by atoms with E-state index in [1.165, 1.54) is 6.33 Å². The zero-order chi connectivity index (χ0) is 11.3. The topological polar surface area (TPSA) is 25.8 Å². The van der Waals surface area contributed by atoms with Gasteiger partial charge in [0.25, 0.3) is 0 Å². The van der Waals surface area contributed by atoms with Gasteiger partial charge in [0.05, 0.1) is 4.20 Å². The Kier molecular flexibility index (Phi) is 5.28. The highest BCUT2D eigenvalue weighted by molar-refractivity contribution is 8.23. The highest BCUT2D eigenvalue weighted by Gasteiger charge is 2.08. The molecule has 0 saturated heterocycles. The maximum atomic E-state index is 5.27. The van der Waals surface area contributed by atoms with E-state index < -0.39 is 0 Å². The summed E-state index contributed by atoms with van der Waals surface area (Å²) in [6, 6.07) is 0. The summed E-state index contributed by atoms with van der Waals surface area (Å²) in [6.07, 6.45) is 9.18. The van der Waals surface area contributed by atoms with Gasteiger partial charge < -0.3 is 0 Å². The van der Waals surface area contributed by atoms with E-state index in [9.17, 15) is 0 Å². The van der Waals surface area contributed by atoms with E-state index in [0.29, 0.717) is 0 Å². The van der Waals surface area contributed by atoms with Gasteiger partial charge in [0, 0.05) is 22.9 Å². The number of thioether (sulfide) groups is 2. The standard InChI is InChI=1S/C10H12N2S3/c1-7(10(13)15-3)9(14-2)8-4-11-6-12-5-8/h4-6H,1-3H3/b9-7+. The molecule has 0 aliphatic heterocycles. The second kappa shape index (κ2) is 6.25. The maximum absolute atomic E-state index is 5.27. The Morgan fingerprint density at radius 2 is 1.80 bits per heavy atom. The molecule has 0 aromatic carbocycles. The van der Waals surface area contributed by atoms with Crippen LogP contribution in [0.1, 0.15) is 12.5 Å². The van der Waals surface area contributed by atoms with Crippen LogP contribution in [0.4, 0.5) is 0 Å². The van der Waals surface area contributed by atoms with Crippen LogP contribution in [-0.2, 0) is 0 Å². The van der Waals surface area contributed by atoms with Crippen molar-refractivity contribution in [2.24, 2.45) is 0 Å². The molecule has 1 aromatic heterocycles. The fourth-order valence-electron chi connectivity index (χ4n) is 1.15. The van der Waals surface area contributed by atoms with Crippen LogP contribution < -0.4 is 0 Å². The van der Waals surface area contributed by atoms with Gasteiger partial charge in [-0.2, -0.15) is 0 Å². The quantitative estimate of drug-likeness (QED) is 0.611. The van der Waals surface area contributed by atoms with Crippen LogP contribution in [0, 0.1) is 0 Å². The van der Waals surface area contributed by atoms with Crippen LogP contribution in [0.3, 0.4) is 0 Å². The maximum Gasteiger partial charge on any atom is 0.115 e. The van der Waals surface area contributed by atoms with Crippen molar-refractivity contribution in [2.75, 3.05) is 12.5 Å². The van der Waals surface area contributed by atoms with Gasteiger partial charge in [0.1, 0.15) is 6.33 Å². The van der Waals surface area contributed by atoms with Crippen LogP contribution in [0.25, 0.3) is 4.91 Å². The average Bonchev–Trinajstić information content (AvgIpc) is 2.30. The van der Waals surface area contributed by atoms with E-state index in [1.807, 2.05) is 31.8 Å². The predicted octanol–water partition coefficient (Wildman–Crippen LogP) is 3.26. The van der Waals surface area contributed by atoms with E-state index in [4.69, 9.17) is 12.2 Å². The molecule has 0 saturated carbocycles. The fraction of sp³-hybridized carbons (Fsp3) is 0.300. The first-order chi connectivity index (χ1) is 7.20. The molecule has 2 nitrogen and oxygen atoms in total. The molecule has 0 unspecified atom stereocenters. The second-order valence-corrected chi connectivity index (χ2v) is 5.08. The van der Waals surface area contributed by atoms with Crippen LogP contribution in [0.5, 0.6) is 0 Å². The second-order valence-electron chi connectivity index (χ2n) is 2.78. The third-order valence-corrected chi connectivity index (χ3v) is 4.29. The van der Waals surface area contributed by atoms with Crippen molar-refractivity contribution in [3.63, 3.8) is 0 Å². The summed E-state index contributed by atoms with van der Waals surface area (Å²) in [6.45, 7) is 2.04. The largest absolute Gasteiger partial charge is 0.244 e. The number of thiocarbonyl (C=S) groups is 1. The summed E-state index contributed by atoms with van der Waals surface area (Å²) in [5.41, 5.74) is 2.15. The van der Waals surface area contributed by atoms with Gasteiger partial charge >= 0.3 is 0 Å². The summed E-state index contributed by atoms with van der Waals surface area (Å²) < 4.78 is 0.920. The van der Waals surface area contributed by atoms with Crippen molar-refractivity contribution in [3.8, 4) is 0 Å². The first-order valence-electron chi connectivity index (χ1n) is 4.29. The molecule has 1 rings (SSSR count). The Morgan fingerprint density at radius 3 is 2.27 bits per heavy atom. The van der Waals surface area contributed by atoms with Crippen molar-refractivity contribution in [2.45, 2.75) is 6.92 Å². The van der Waals surface area contributed by atoms with E-state index in [0.717, 1.165) is 20.2 Å². The number of rotatable bonds is 3. The highest BCUT2D eigenvalue weighted by Crippen LogP contribution is 2.30. The molecule has 0 aliphatic rings. The van der Waals surface area contributed by atoms with Gasteiger partial charge in [-0.15, -0.1) is 23.5 Å². The summed E-state index contributed by atoms with van der Waals surface area (Å²) in [5.74, 6) is 0. The Hall–Kier alpha value is -0.390. The lowest BCUT2D eigenvalue weighted by Gasteiger charge is -2.08. The normalized spacial score (nSPS) is 12.2. The third kappa shape index (κ3) is 3.29. The lowest BCUT2D eigenvalue weighted by Crippen LogP contribution is -1.94. The molecular weight excluding hydrogens is 244 g/mol. The van der Waals surface area contributed by atoms with Crippen LogP contribution in [0.15, 0.2) is 24.3 Å². The predicted molar refractivity (Wildman–Crippen MR) is 74.3 cm³/mol. The summed E-state index contributed by atoms with van der Waals surface area (Å²) in [4.78, 5) is 9.17. The van der Waals surface area contributed by atoms with E-state index in [-0.39, 0.29) is 0 Å². The summed E-state index contributed by atoms with van der Waals surface area (Å²) in [7, 11) is 0. The summed E-state index contributed by atoms with van der Waals surface area (Å²) in [5, 5.41) is 0. The molecule has 0 aliphatic carbocycles. The van der Waals surface area contributed by atoms with E-state index in [2.05, 4.69) is 9.97 Å². The van der Waals surface area contributed by atoms with E-state index in [1.54, 1.807) is 23.5 Å². The molecule has 1 heterocycles. The molecule has 5 heteroatoms. The Balaban J connectivity index is 3.13. The monoisotopic (exact) mass is 256 g/mol. The molecule has 15 heavy (non-hydrogen) atoms. The minimum Gasteiger partial charge on any atom is -0.244 e. The zero-order valence-electron chi connectivity index (χ0n) is 8.85. The van der Waals surface area contributed by atoms with Crippen LogP contribution in [-0.4, -0.2) is 26.7 Å². The molecule has 0 atom stereocenters. The molecule has 0 fully saturated rings. The van der Waals surface area contributed by atoms with Gasteiger partial charge in [-0.05, 0) is 25.0 Å². The van der Waals surface area contributed by atoms with Crippen molar-refractivity contribution in [1.29, 1.82) is 0 Å². The SMILES string of the molecule is CSC(=S)/C(C)=C(/SC)c1cncnc1. The van der Waals surface area contributed by atoms with Crippen LogP contribution >= 0.6 is 35.7 Å². The molecule has 0 N–H and O–H groups in total. The zero-order valence-corrected chi connectivity index (χ0v) is 11.3. The van der Waals surface area contributed by atoms with Gasteiger partial charge in [-0.25, -0.2) is 9.97 Å². The molecule has 0 spiro atoms. The average molecular weight is 256 g/mol. The Morgan fingerprint density at radius 1 is 1.20 bits per heavy atom.